The van der Waals surface area contributed by atoms with Crippen molar-refractivity contribution in [2.24, 2.45) is 0 Å². The van der Waals surface area contributed by atoms with Gasteiger partial charge in [0.05, 0.1) is 5.60 Å². The molecule has 1 N–H and O–H groups in total. The van der Waals surface area contributed by atoms with Crippen molar-refractivity contribution in [1.29, 1.82) is 0 Å². The van der Waals surface area contributed by atoms with Crippen molar-refractivity contribution in [3.05, 3.63) is 0 Å². The van der Waals surface area contributed by atoms with Gasteiger partial charge >= 0.3 is 0 Å². The fourth-order valence-electron chi connectivity index (χ4n) is 2.06. The van der Waals surface area contributed by atoms with Crippen LogP contribution in [-0.2, 0) is 0 Å². The highest BCUT2D eigenvalue weighted by molar-refractivity contribution is 4.87. The molecule has 1 heterocycles. The van der Waals surface area contributed by atoms with E-state index in [4.69, 9.17) is 0 Å². The molecular weight excluding hydrogens is 200 g/mol. The van der Waals surface area contributed by atoms with Crippen LogP contribution in [0.1, 0.15) is 40.5 Å². The molecule has 0 aromatic rings. The third kappa shape index (κ3) is 8.08. The normalized spacial score (nSPS) is 25.3. The molecule has 1 saturated heterocycles. The molecule has 0 aromatic heterocycles. The Kier molecular flexibility index (Phi) is 11.5. The summed E-state index contributed by atoms with van der Waals surface area (Å²) in [6.45, 7) is 10.7. The van der Waals surface area contributed by atoms with E-state index in [0.29, 0.717) is 0 Å². The first kappa shape index (κ1) is 18.3. The highest BCUT2D eigenvalue weighted by Gasteiger charge is 2.31. The molecule has 1 atom stereocenters. The molecule has 0 saturated carbocycles. The number of hydrogen-bond donors (Lipinski definition) is 1. The summed E-state index contributed by atoms with van der Waals surface area (Å²) >= 11 is 0. The number of β-amino-alcohol motifs (C(OH)–C–C–N with tert-alkyl or cyclic N) is 1. The van der Waals surface area contributed by atoms with Gasteiger partial charge in [0.2, 0.25) is 0 Å². The first-order valence-electron chi connectivity index (χ1n) is 6.57. The van der Waals surface area contributed by atoms with E-state index in [0.717, 1.165) is 32.5 Å². The quantitative estimate of drug-likeness (QED) is 0.789. The Morgan fingerprint density at radius 1 is 1.19 bits per heavy atom. The zero-order valence-electron chi connectivity index (χ0n) is 12.4. The van der Waals surface area contributed by atoms with Gasteiger partial charge in [0, 0.05) is 13.1 Å². The van der Waals surface area contributed by atoms with E-state index in [1.807, 2.05) is 41.8 Å². The summed E-state index contributed by atoms with van der Waals surface area (Å²) in [6.07, 6.45) is 2.05. The van der Waals surface area contributed by atoms with Crippen molar-refractivity contribution in [1.82, 2.24) is 9.80 Å². The maximum Gasteiger partial charge on any atom is 0.0900 e. The largest absolute Gasteiger partial charge is 0.387 e. The molecular formula is C13H32N2O. The molecule has 0 bridgehead atoms. The van der Waals surface area contributed by atoms with Gasteiger partial charge in [-0.3, -0.25) is 0 Å². The first-order chi connectivity index (χ1) is 7.52. The van der Waals surface area contributed by atoms with E-state index < -0.39 is 5.60 Å². The summed E-state index contributed by atoms with van der Waals surface area (Å²) in [5.74, 6) is 0. The Hall–Kier alpha value is -0.120. The van der Waals surface area contributed by atoms with Crippen LogP contribution < -0.4 is 0 Å². The monoisotopic (exact) mass is 232 g/mol. The van der Waals surface area contributed by atoms with E-state index in [9.17, 15) is 5.11 Å². The van der Waals surface area contributed by atoms with Crippen LogP contribution in [0.3, 0.4) is 0 Å². The zero-order chi connectivity index (χ0) is 13.2. The van der Waals surface area contributed by atoms with Crippen LogP contribution in [0.4, 0.5) is 0 Å². The second-order valence-corrected chi connectivity index (χ2v) is 4.30. The number of nitrogens with zero attached hydrogens (tertiary/aromatic N) is 2. The Bertz CT molecular complexity index is 147. The van der Waals surface area contributed by atoms with Crippen LogP contribution in [0.25, 0.3) is 0 Å². The third-order valence-electron chi connectivity index (χ3n) is 2.36. The molecule has 16 heavy (non-hydrogen) atoms. The molecule has 1 aliphatic rings. The molecule has 1 aliphatic heterocycles. The Labute approximate surface area is 102 Å². The summed E-state index contributed by atoms with van der Waals surface area (Å²) < 4.78 is 0. The standard InChI is InChI=1S/C9H20N2O.2C2H6/c1-10(2)7-9(12)5-4-6-11(3)8-9;2*1-2/h12H,4-8H2,1-3H3;2*1-2H3. The average molecular weight is 232 g/mol. The number of likely N-dealkylation sites (N-methyl/N-ethyl adjacent to an activating group) is 2. The Morgan fingerprint density at radius 2 is 1.69 bits per heavy atom. The highest BCUT2D eigenvalue weighted by atomic mass is 16.3. The Balaban J connectivity index is 0. The van der Waals surface area contributed by atoms with Gasteiger partial charge < -0.3 is 14.9 Å². The lowest BCUT2D eigenvalue weighted by molar-refractivity contribution is -0.0390. The third-order valence-corrected chi connectivity index (χ3v) is 2.36. The van der Waals surface area contributed by atoms with Gasteiger partial charge in [-0.15, -0.1) is 0 Å². The molecule has 0 spiro atoms. The second-order valence-electron chi connectivity index (χ2n) is 4.30. The van der Waals surface area contributed by atoms with Gasteiger partial charge in [-0.25, -0.2) is 0 Å². The molecule has 0 aromatic carbocycles. The number of likely N-dealkylation sites (tertiary alicyclic amines) is 1. The summed E-state index contributed by atoms with van der Waals surface area (Å²) in [4.78, 5) is 4.26. The van der Waals surface area contributed by atoms with Crippen LogP contribution in [0.15, 0.2) is 0 Å². The first-order valence-corrected chi connectivity index (χ1v) is 6.57. The van der Waals surface area contributed by atoms with Gasteiger partial charge in [-0.05, 0) is 40.5 Å². The molecule has 3 heteroatoms. The minimum absolute atomic E-state index is 0.476. The maximum atomic E-state index is 10.1. The van der Waals surface area contributed by atoms with Crippen LogP contribution in [0, 0.1) is 0 Å². The molecule has 0 amide bonds. The predicted octanol–water partition coefficient (Wildman–Crippen LogP) is 2.06. The topological polar surface area (TPSA) is 26.7 Å². The van der Waals surface area contributed by atoms with Crippen molar-refractivity contribution in [2.75, 3.05) is 40.8 Å². The van der Waals surface area contributed by atoms with Gasteiger partial charge in [-0.1, -0.05) is 27.7 Å². The lowest BCUT2D eigenvalue weighted by Gasteiger charge is -2.38. The van der Waals surface area contributed by atoms with Gasteiger partial charge in [0.1, 0.15) is 0 Å². The predicted molar refractivity (Wildman–Crippen MR) is 72.9 cm³/mol. The van der Waals surface area contributed by atoms with E-state index in [2.05, 4.69) is 16.8 Å². The molecule has 1 fully saturated rings. The fraction of sp³-hybridized carbons (Fsp3) is 1.00. The van der Waals surface area contributed by atoms with E-state index >= 15 is 0 Å². The van der Waals surface area contributed by atoms with Crippen LogP contribution in [0.2, 0.25) is 0 Å². The summed E-state index contributed by atoms with van der Waals surface area (Å²) in [5, 5.41) is 10.1. The molecule has 1 rings (SSSR count). The highest BCUT2D eigenvalue weighted by Crippen LogP contribution is 2.20. The Morgan fingerprint density at radius 3 is 2.06 bits per heavy atom. The zero-order valence-corrected chi connectivity index (χ0v) is 12.4. The van der Waals surface area contributed by atoms with Gasteiger partial charge in [0.15, 0.2) is 0 Å². The molecule has 0 radical (unpaired) electrons. The molecule has 3 nitrogen and oxygen atoms in total. The van der Waals surface area contributed by atoms with Crippen molar-refractivity contribution in [3.63, 3.8) is 0 Å². The smallest absolute Gasteiger partial charge is 0.0900 e. The maximum absolute atomic E-state index is 10.1. The summed E-state index contributed by atoms with van der Waals surface area (Å²) in [7, 11) is 6.08. The average Bonchev–Trinajstić information content (AvgIpc) is 2.21. The van der Waals surface area contributed by atoms with Gasteiger partial charge in [0.25, 0.3) is 0 Å². The SMILES string of the molecule is CC.CC.CN(C)CC1(O)CCCN(C)C1. The molecule has 100 valence electrons. The van der Waals surface area contributed by atoms with Gasteiger partial charge in [-0.2, -0.15) is 0 Å². The van der Waals surface area contributed by atoms with E-state index in [1.165, 1.54) is 0 Å². The van der Waals surface area contributed by atoms with Crippen molar-refractivity contribution in [2.45, 2.75) is 46.1 Å². The lowest BCUT2D eigenvalue weighted by atomic mass is 9.93. The van der Waals surface area contributed by atoms with E-state index in [1.54, 1.807) is 0 Å². The number of rotatable bonds is 2. The minimum Gasteiger partial charge on any atom is -0.387 e. The number of hydrogen-bond acceptors (Lipinski definition) is 3. The second kappa shape index (κ2) is 10.1. The van der Waals surface area contributed by atoms with Crippen molar-refractivity contribution < 1.29 is 5.11 Å². The summed E-state index contributed by atoms with van der Waals surface area (Å²) in [5.41, 5.74) is -0.476. The van der Waals surface area contributed by atoms with E-state index in [-0.39, 0.29) is 0 Å². The number of piperidine rings is 1. The van der Waals surface area contributed by atoms with Crippen molar-refractivity contribution >= 4 is 0 Å². The fourth-order valence-corrected chi connectivity index (χ4v) is 2.06. The molecule has 0 aliphatic carbocycles. The van der Waals surface area contributed by atoms with Crippen LogP contribution in [0.5, 0.6) is 0 Å². The minimum atomic E-state index is -0.476. The lowest BCUT2D eigenvalue weighted by Crippen LogP contribution is -2.51. The van der Waals surface area contributed by atoms with Crippen LogP contribution in [-0.4, -0.2) is 61.3 Å². The number of aliphatic hydroxyl groups is 1. The van der Waals surface area contributed by atoms with Crippen LogP contribution >= 0.6 is 0 Å². The molecule has 1 unspecified atom stereocenters. The summed E-state index contributed by atoms with van der Waals surface area (Å²) in [6, 6.07) is 0. The van der Waals surface area contributed by atoms with Crippen molar-refractivity contribution in [3.8, 4) is 0 Å².